The van der Waals surface area contributed by atoms with Crippen molar-refractivity contribution in [1.29, 1.82) is 0 Å². The highest BCUT2D eigenvalue weighted by atomic mass is 15.1. The monoisotopic (exact) mass is 174 g/mol. The normalized spacial score (nSPS) is 19.7. The Morgan fingerprint density at radius 1 is 1.31 bits per heavy atom. The van der Waals surface area contributed by atoms with E-state index in [9.17, 15) is 0 Å². The topological polar surface area (TPSA) is 50.5 Å². The highest BCUT2D eigenvalue weighted by molar-refractivity contribution is 5.67. The Bertz CT molecular complexity index is 461. The van der Waals surface area contributed by atoms with Crippen LogP contribution in [-0.2, 0) is 0 Å². The number of aromatic nitrogens is 2. The van der Waals surface area contributed by atoms with Crippen molar-refractivity contribution < 1.29 is 0 Å². The van der Waals surface area contributed by atoms with Crippen molar-refractivity contribution >= 4 is 12.4 Å². The lowest BCUT2D eigenvalue weighted by molar-refractivity contribution is 0.848. The Morgan fingerprint density at radius 2 is 2.15 bits per heavy atom. The molecule has 0 amide bonds. The molecule has 13 heavy (non-hydrogen) atoms. The zero-order valence-corrected chi connectivity index (χ0v) is 7.60. The van der Waals surface area contributed by atoms with Gasteiger partial charge in [-0.05, 0) is 19.9 Å². The van der Waals surface area contributed by atoms with Gasteiger partial charge < -0.3 is 0 Å². The van der Waals surface area contributed by atoms with Crippen LogP contribution in [0.5, 0.6) is 0 Å². The molecule has 1 aliphatic heterocycles. The number of fused-ring (bicyclic) bond motifs is 1. The van der Waals surface area contributed by atoms with Crippen LogP contribution >= 0.6 is 0 Å². The molecular formula is C9H10N4. The Hall–Kier alpha value is -1.58. The highest BCUT2D eigenvalue weighted by Gasteiger charge is 1.98. The van der Waals surface area contributed by atoms with Gasteiger partial charge in [0.15, 0.2) is 5.49 Å². The molecule has 1 atom stereocenters. The van der Waals surface area contributed by atoms with Crippen molar-refractivity contribution in [3.8, 4) is 0 Å². The van der Waals surface area contributed by atoms with E-state index >= 15 is 0 Å². The van der Waals surface area contributed by atoms with Crippen molar-refractivity contribution in [2.75, 3.05) is 0 Å². The molecule has 0 N–H and O–H groups in total. The molecule has 0 saturated heterocycles. The van der Waals surface area contributed by atoms with Crippen LogP contribution in [0.2, 0.25) is 0 Å². The van der Waals surface area contributed by atoms with Crippen molar-refractivity contribution in [2.24, 2.45) is 9.98 Å². The summed E-state index contributed by atoms with van der Waals surface area (Å²) in [6, 6.07) is 2.01. The van der Waals surface area contributed by atoms with Gasteiger partial charge in [0.2, 0.25) is 0 Å². The van der Waals surface area contributed by atoms with Crippen molar-refractivity contribution in [3.05, 3.63) is 22.5 Å². The predicted molar refractivity (Wildman–Crippen MR) is 50.0 cm³/mol. The summed E-state index contributed by atoms with van der Waals surface area (Å²) in [6.07, 6.45) is 3.56. The van der Waals surface area contributed by atoms with E-state index in [1.807, 2.05) is 19.9 Å². The standard InChI is InChI=1S/C9H10N4/c1-6-3-8-5-10-4-7(2)11-9(8)13-12-6/h3-5,7H,1-2H3. The van der Waals surface area contributed by atoms with Crippen LogP contribution < -0.4 is 10.7 Å². The van der Waals surface area contributed by atoms with E-state index in [1.165, 1.54) is 0 Å². The lowest BCUT2D eigenvalue weighted by Crippen LogP contribution is -2.30. The van der Waals surface area contributed by atoms with Crippen molar-refractivity contribution in [1.82, 2.24) is 10.2 Å². The van der Waals surface area contributed by atoms with Gasteiger partial charge in [-0.2, -0.15) is 5.10 Å². The van der Waals surface area contributed by atoms with Crippen LogP contribution in [0, 0.1) is 6.92 Å². The first-order valence-corrected chi connectivity index (χ1v) is 4.17. The second-order valence-electron chi connectivity index (χ2n) is 3.06. The molecule has 0 spiro atoms. The van der Waals surface area contributed by atoms with Crippen LogP contribution in [0.1, 0.15) is 12.6 Å². The van der Waals surface area contributed by atoms with Crippen LogP contribution in [0.15, 0.2) is 16.1 Å². The average molecular weight is 174 g/mol. The fourth-order valence-electron chi connectivity index (χ4n) is 1.17. The van der Waals surface area contributed by atoms with E-state index in [1.54, 1.807) is 12.4 Å². The average Bonchev–Trinajstić information content (AvgIpc) is 2.25. The van der Waals surface area contributed by atoms with Gasteiger partial charge in [-0.1, -0.05) is 0 Å². The molecule has 0 saturated carbocycles. The SMILES string of the molecule is Cc1cc2c(nn1)=NC(C)C=NC=2. The van der Waals surface area contributed by atoms with E-state index in [0.717, 1.165) is 10.9 Å². The maximum absolute atomic E-state index is 4.33. The molecule has 4 nitrogen and oxygen atoms in total. The Kier molecular flexibility index (Phi) is 1.88. The molecule has 0 aliphatic carbocycles. The largest absolute Gasteiger partial charge is 0.266 e. The summed E-state index contributed by atoms with van der Waals surface area (Å²) in [5, 5.41) is 8.89. The van der Waals surface area contributed by atoms with Gasteiger partial charge in [-0.25, -0.2) is 0 Å². The van der Waals surface area contributed by atoms with Gasteiger partial charge in [0.25, 0.3) is 0 Å². The van der Waals surface area contributed by atoms with E-state index < -0.39 is 0 Å². The van der Waals surface area contributed by atoms with Crippen LogP contribution in [0.3, 0.4) is 0 Å². The second-order valence-corrected chi connectivity index (χ2v) is 3.06. The molecule has 0 radical (unpaired) electrons. The molecule has 1 aliphatic rings. The van der Waals surface area contributed by atoms with E-state index in [4.69, 9.17) is 0 Å². The van der Waals surface area contributed by atoms with E-state index in [0.29, 0.717) is 5.49 Å². The van der Waals surface area contributed by atoms with Gasteiger partial charge in [0, 0.05) is 17.6 Å². The summed E-state index contributed by atoms with van der Waals surface area (Å²) in [6.45, 7) is 3.87. The fourth-order valence-corrected chi connectivity index (χ4v) is 1.17. The summed E-state index contributed by atoms with van der Waals surface area (Å²) in [4.78, 5) is 8.45. The van der Waals surface area contributed by atoms with Gasteiger partial charge in [0.1, 0.15) is 0 Å². The molecule has 0 bridgehead atoms. The fraction of sp³-hybridized carbons (Fsp3) is 0.333. The minimum Gasteiger partial charge on any atom is -0.266 e. The Labute approximate surface area is 75.8 Å². The lowest BCUT2D eigenvalue weighted by Gasteiger charge is -1.93. The Morgan fingerprint density at radius 3 is 3.00 bits per heavy atom. The Balaban J connectivity index is 2.75. The first-order valence-electron chi connectivity index (χ1n) is 4.17. The van der Waals surface area contributed by atoms with E-state index in [2.05, 4.69) is 20.2 Å². The van der Waals surface area contributed by atoms with Gasteiger partial charge >= 0.3 is 0 Å². The maximum Gasteiger partial charge on any atom is 0.179 e. The molecule has 1 unspecified atom stereocenters. The molecular weight excluding hydrogens is 164 g/mol. The predicted octanol–water partition coefficient (Wildman–Crippen LogP) is -0.384. The summed E-state index contributed by atoms with van der Waals surface area (Å²) in [5.74, 6) is 0. The number of rotatable bonds is 0. The zero-order chi connectivity index (χ0) is 9.26. The summed E-state index contributed by atoms with van der Waals surface area (Å²) in [5.41, 5.74) is 1.56. The third kappa shape index (κ3) is 1.61. The van der Waals surface area contributed by atoms with Crippen LogP contribution in [-0.4, -0.2) is 22.5 Å². The van der Waals surface area contributed by atoms with Crippen molar-refractivity contribution in [3.63, 3.8) is 0 Å². The van der Waals surface area contributed by atoms with Gasteiger partial charge in [-0.3, -0.25) is 9.98 Å². The number of aryl methyl sites for hydroxylation is 1. The minimum absolute atomic E-state index is 0.0782. The van der Waals surface area contributed by atoms with Crippen LogP contribution in [0.4, 0.5) is 0 Å². The minimum atomic E-state index is 0.0782. The molecule has 0 aromatic carbocycles. The molecule has 0 fully saturated rings. The molecule has 2 heterocycles. The summed E-state index contributed by atoms with van der Waals surface area (Å²) >= 11 is 0. The first-order chi connectivity index (χ1) is 6.25. The highest BCUT2D eigenvalue weighted by Crippen LogP contribution is 1.86. The third-order valence-corrected chi connectivity index (χ3v) is 1.77. The van der Waals surface area contributed by atoms with Crippen molar-refractivity contribution in [2.45, 2.75) is 19.9 Å². The number of nitrogens with zero attached hydrogens (tertiary/aromatic N) is 4. The maximum atomic E-state index is 4.33. The number of aliphatic imine (C=N–C) groups is 1. The molecule has 1 aromatic rings. The number of hydrogen-bond donors (Lipinski definition) is 0. The molecule has 4 heteroatoms. The van der Waals surface area contributed by atoms with Crippen LogP contribution in [0.25, 0.3) is 6.20 Å². The summed E-state index contributed by atoms with van der Waals surface area (Å²) in [7, 11) is 0. The molecule has 1 aromatic heterocycles. The third-order valence-electron chi connectivity index (χ3n) is 1.77. The molecule has 66 valence electrons. The van der Waals surface area contributed by atoms with Gasteiger partial charge in [-0.15, -0.1) is 5.10 Å². The quantitative estimate of drug-likeness (QED) is 0.538. The zero-order valence-electron chi connectivity index (χ0n) is 7.60. The second kappa shape index (κ2) is 3.05. The van der Waals surface area contributed by atoms with E-state index in [-0.39, 0.29) is 6.04 Å². The first kappa shape index (κ1) is 8.04. The smallest absolute Gasteiger partial charge is 0.179 e. The molecule has 2 rings (SSSR count). The van der Waals surface area contributed by atoms with Gasteiger partial charge in [0.05, 0.1) is 11.7 Å². The number of hydrogen-bond acceptors (Lipinski definition) is 4. The summed E-state index contributed by atoms with van der Waals surface area (Å²) < 4.78 is 0. The lowest BCUT2D eigenvalue weighted by atomic mass is 10.3.